The molecular formula is C20H22ClN5O2. The smallest absolute Gasteiger partial charge is 0.312 e. The summed E-state index contributed by atoms with van der Waals surface area (Å²) in [6, 6.07) is 13.7. The van der Waals surface area contributed by atoms with E-state index in [9.17, 15) is 9.59 Å². The third-order valence-corrected chi connectivity index (χ3v) is 4.76. The Morgan fingerprint density at radius 3 is 2.68 bits per heavy atom. The van der Waals surface area contributed by atoms with Gasteiger partial charge in [-0.25, -0.2) is 9.78 Å². The standard InChI is InChI=1S/C20H22ClN5O2/c21-15-7-2-1-6-14(15)17(25-20(22)28)12-19(27)23-10-5-11-26-13-24-16-8-3-4-9-18(16)26/h1-4,6-9,13,17H,5,10-12H2,(H,23,27)(H3,22,25,28)/t17-/m1/s1. The highest BCUT2D eigenvalue weighted by atomic mass is 35.5. The lowest BCUT2D eigenvalue weighted by molar-refractivity contribution is -0.121. The molecule has 0 spiro atoms. The Bertz CT molecular complexity index is 972. The monoisotopic (exact) mass is 399 g/mol. The van der Waals surface area contributed by atoms with Gasteiger partial charge in [-0.2, -0.15) is 0 Å². The van der Waals surface area contributed by atoms with Crippen LogP contribution in [-0.4, -0.2) is 28.0 Å². The molecule has 0 aliphatic rings. The Labute approximate surface area is 167 Å². The average Bonchev–Trinajstić information content (AvgIpc) is 3.08. The number of carbonyl (C=O) groups is 2. The van der Waals surface area contributed by atoms with E-state index in [1.807, 2.05) is 24.3 Å². The number of nitrogens with zero attached hydrogens (tertiary/aromatic N) is 2. The molecule has 3 rings (SSSR count). The summed E-state index contributed by atoms with van der Waals surface area (Å²) in [6.45, 7) is 1.26. The lowest BCUT2D eigenvalue weighted by Gasteiger charge is -2.19. The molecule has 8 heteroatoms. The maximum atomic E-state index is 12.3. The minimum absolute atomic E-state index is 0.0562. The second kappa shape index (κ2) is 9.23. The molecule has 0 saturated carbocycles. The highest BCUT2D eigenvalue weighted by Gasteiger charge is 2.19. The van der Waals surface area contributed by atoms with Crippen LogP contribution in [0, 0.1) is 0 Å². The molecule has 0 fully saturated rings. The van der Waals surface area contributed by atoms with Crippen LogP contribution in [0.1, 0.15) is 24.4 Å². The molecule has 0 aliphatic carbocycles. The number of amides is 3. The number of hydrogen-bond acceptors (Lipinski definition) is 3. The SMILES string of the molecule is NC(=O)N[C@H](CC(=O)NCCCn1cnc2ccccc21)c1ccccc1Cl. The van der Waals surface area contributed by atoms with Gasteiger partial charge in [-0.1, -0.05) is 41.9 Å². The predicted molar refractivity (Wildman–Crippen MR) is 109 cm³/mol. The van der Waals surface area contributed by atoms with E-state index in [1.54, 1.807) is 30.6 Å². The van der Waals surface area contributed by atoms with E-state index in [2.05, 4.69) is 20.2 Å². The zero-order valence-electron chi connectivity index (χ0n) is 15.3. The molecule has 1 heterocycles. The first-order chi connectivity index (χ1) is 13.5. The van der Waals surface area contributed by atoms with E-state index in [1.165, 1.54) is 0 Å². The summed E-state index contributed by atoms with van der Waals surface area (Å²) in [6.07, 6.45) is 2.61. The second-order valence-electron chi connectivity index (χ2n) is 6.42. The molecule has 0 saturated heterocycles. The number of para-hydroxylation sites is 2. The number of halogens is 1. The normalized spacial score (nSPS) is 11.9. The molecule has 146 valence electrons. The summed E-state index contributed by atoms with van der Waals surface area (Å²) >= 11 is 6.18. The minimum atomic E-state index is -0.704. The van der Waals surface area contributed by atoms with Crippen LogP contribution in [0.2, 0.25) is 5.02 Å². The molecule has 28 heavy (non-hydrogen) atoms. The number of primary amides is 1. The molecule has 0 unspecified atom stereocenters. The van der Waals surface area contributed by atoms with Crippen LogP contribution >= 0.6 is 11.6 Å². The van der Waals surface area contributed by atoms with Crippen molar-refractivity contribution in [2.75, 3.05) is 6.54 Å². The van der Waals surface area contributed by atoms with E-state index in [-0.39, 0.29) is 12.3 Å². The number of fused-ring (bicyclic) bond motifs is 1. The summed E-state index contributed by atoms with van der Waals surface area (Å²) in [5, 5.41) is 5.93. The number of aromatic nitrogens is 2. The maximum Gasteiger partial charge on any atom is 0.312 e. The number of imidazole rings is 1. The van der Waals surface area contributed by atoms with Crippen LogP contribution in [0.15, 0.2) is 54.9 Å². The molecule has 0 bridgehead atoms. The van der Waals surface area contributed by atoms with Gasteiger partial charge in [0.25, 0.3) is 0 Å². The van der Waals surface area contributed by atoms with Gasteiger partial charge in [-0.3, -0.25) is 4.79 Å². The van der Waals surface area contributed by atoms with Gasteiger partial charge in [-0.05, 0) is 30.2 Å². The number of nitrogens with one attached hydrogen (secondary N) is 2. The second-order valence-corrected chi connectivity index (χ2v) is 6.82. The Kier molecular flexibility index (Phi) is 6.49. The molecule has 0 radical (unpaired) electrons. The summed E-state index contributed by atoms with van der Waals surface area (Å²) in [7, 11) is 0. The lowest BCUT2D eigenvalue weighted by Crippen LogP contribution is -2.37. The van der Waals surface area contributed by atoms with Gasteiger partial charge >= 0.3 is 6.03 Å². The number of benzene rings is 2. The molecule has 3 aromatic rings. The van der Waals surface area contributed by atoms with Crippen LogP contribution in [-0.2, 0) is 11.3 Å². The van der Waals surface area contributed by atoms with Crippen molar-refractivity contribution >= 4 is 34.6 Å². The minimum Gasteiger partial charge on any atom is -0.356 e. The molecule has 1 aromatic heterocycles. The van der Waals surface area contributed by atoms with Crippen molar-refractivity contribution in [3.05, 3.63) is 65.4 Å². The summed E-state index contributed by atoms with van der Waals surface area (Å²) < 4.78 is 2.06. The first-order valence-corrected chi connectivity index (χ1v) is 9.39. The summed E-state index contributed by atoms with van der Waals surface area (Å²) in [5.41, 5.74) is 7.92. The van der Waals surface area contributed by atoms with Crippen molar-refractivity contribution < 1.29 is 9.59 Å². The number of nitrogens with two attached hydrogens (primary N) is 1. The highest BCUT2D eigenvalue weighted by molar-refractivity contribution is 6.31. The van der Waals surface area contributed by atoms with Crippen LogP contribution in [0.3, 0.4) is 0 Å². The number of hydrogen-bond donors (Lipinski definition) is 3. The zero-order valence-corrected chi connectivity index (χ0v) is 16.0. The van der Waals surface area contributed by atoms with Crippen molar-refractivity contribution in [2.45, 2.75) is 25.4 Å². The van der Waals surface area contributed by atoms with Crippen molar-refractivity contribution in [3.63, 3.8) is 0 Å². The first kappa shape index (κ1) is 19.7. The van der Waals surface area contributed by atoms with Crippen molar-refractivity contribution in [2.24, 2.45) is 5.73 Å². The number of urea groups is 1. The van der Waals surface area contributed by atoms with Crippen LogP contribution < -0.4 is 16.4 Å². The molecule has 7 nitrogen and oxygen atoms in total. The highest BCUT2D eigenvalue weighted by Crippen LogP contribution is 2.25. The zero-order chi connectivity index (χ0) is 19.9. The van der Waals surface area contributed by atoms with Gasteiger partial charge in [-0.15, -0.1) is 0 Å². The third kappa shape index (κ3) is 5.01. The van der Waals surface area contributed by atoms with Crippen molar-refractivity contribution in [1.29, 1.82) is 0 Å². The fourth-order valence-corrected chi connectivity index (χ4v) is 3.36. The van der Waals surface area contributed by atoms with Gasteiger partial charge in [0.15, 0.2) is 0 Å². The van der Waals surface area contributed by atoms with Gasteiger partial charge in [0, 0.05) is 18.1 Å². The topological polar surface area (TPSA) is 102 Å². The Balaban J connectivity index is 1.52. The molecule has 4 N–H and O–H groups in total. The molecule has 1 atom stereocenters. The molecule has 3 amide bonds. The van der Waals surface area contributed by atoms with E-state index >= 15 is 0 Å². The Morgan fingerprint density at radius 1 is 1.14 bits per heavy atom. The van der Waals surface area contributed by atoms with Gasteiger partial charge in [0.2, 0.25) is 5.91 Å². The molecule has 0 aliphatic heterocycles. The van der Waals surface area contributed by atoms with Gasteiger partial charge in [0.1, 0.15) is 0 Å². The van der Waals surface area contributed by atoms with E-state index in [4.69, 9.17) is 17.3 Å². The van der Waals surface area contributed by atoms with E-state index in [0.29, 0.717) is 17.1 Å². The van der Waals surface area contributed by atoms with E-state index in [0.717, 1.165) is 24.0 Å². The first-order valence-electron chi connectivity index (χ1n) is 9.01. The Morgan fingerprint density at radius 2 is 1.89 bits per heavy atom. The fourth-order valence-electron chi connectivity index (χ4n) is 3.09. The van der Waals surface area contributed by atoms with Crippen LogP contribution in [0.4, 0.5) is 4.79 Å². The fraction of sp³-hybridized carbons (Fsp3) is 0.250. The number of rotatable bonds is 8. The third-order valence-electron chi connectivity index (χ3n) is 4.41. The molecule has 2 aromatic carbocycles. The van der Waals surface area contributed by atoms with Crippen molar-refractivity contribution in [1.82, 2.24) is 20.2 Å². The van der Waals surface area contributed by atoms with Crippen LogP contribution in [0.25, 0.3) is 11.0 Å². The van der Waals surface area contributed by atoms with Gasteiger partial charge < -0.3 is 20.9 Å². The van der Waals surface area contributed by atoms with Crippen LogP contribution in [0.5, 0.6) is 0 Å². The number of carbonyl (C=O) groups excluding carboxylic acids is 2. The summed E-state index contributed by atoms with van der Waals surface area (Å²) in [4.78, 5) is 28.0. The average molecular weight is 400 g/mol. The Hall–Kier alpha value is -3.06. The lowest BCUT2D eigenvalue weighted by atomic mass is 10.0. The maximum absolute atomic E-state index is 12.3. The van der Waals surface area contributed by atoms with Crippen molar-refractivity contribution in [3.8, 4) is 0 Å². The number of aryl methyl sites for hydroxylation is 1. The predicted octanol–water partition coefficient (Wildman–Crippen LogP) is 3.00. The largest absolute Gasteiger partial charge is 0.356 e. The summed E-state index contributed by atoms with van der Waals surface area (Å²) in [5.74, 6) is -0.186. The van der Waals surface area contributed by atoms with E-state index < -0.39 is 12.1 Å². The van der Waals surface area contributed by atoms with Gasteiger partial charge in [0.05, 0.1) is 29.8 Å². The quantitative estimate of drug-likeness (QED) is 0.507. The molecular weight excluding hydrogens is 378 g/mol.